The molecule has 0 aromatic rings. The quantitative estimate of drug-likeness (QED) is 0.169. The van der Waals surface area contributed by atoms with E-state index in [1.165, 1.54) is 77.0 Å². The molecule has 28 heavy (non-hydrogen) atoms. The summed E-state index contributed by atoms with van der Waals surface area (Å²) in [5, 5.41) is 8.38. The molecule has 0 aliphatic heterocycles. The molecule has 0 rings (SSSR count). The van der Waals surface area contributed by atoms with Crippen LogP contribution in [-0.2, 0) is 9.59 Å². The number of hydrogen-bond acceptors (Lipinski definition) is 2. The Morgan fingerprint density at radius 1 is 0.714 bits per heavy atom. The number of primary amides is 1. The predicted molar refractivity (Wildman–Crippen MR) is 120 cm³/mol. The summed E-state index contributed by atoms with van der Waals surface area (Å²) in [5.74, 6) is -0.832. The third-order valence-electron chi connectivity index (χ3n) is 4.83. The predicted octanol–water partition coefficient (Wildman–Crippen LogP) is 7.16. The third-order valence-corrected chi connectivity index (χ3v) is 4.83. The number of hydrogen-bond donors (Lipinski definition) is 2. The fourth-order valence-electron chi connectivity index (χ4n) is 3.06. The van der Waals surface area contributed by atoms with Gasteiger partial charge < -0.3 is 10.8 Å². The number of carbonyl (C=O) groups is 2. The average molecular weight is 398 g/mol. The highest BCUT2D eigenvalue weighted by Crippen LogP contribution is 2.11. The second-order valence-corrected chi connectivity index (χ2v) is 7.74. The van der Waals surface area contributed by atoms with E-state index in [1.807, 2.05) is 6.08 Å². The van der Waals surface area contributed by atoms with Crippen molar-refractivity contribution in [2.45, 2.75) is 129 Å². The van der Waals surface area contributed by atoms with E-state index in [2.05, 4.69) is 13.5 Å². The number of aliphatic carboxylic acids is 1. The molecule has 166 valence electrons. The second kappa shape index (κ2) is 25.7. The van der Waals surface area contributed by atoms with Gasteiger partial charge in [-0.05, 0) is 25.7 Å². The first-order valence-electron chi connectivity index (χ1n) is 11.7. The lowest BCUT2D eigenvalue weighted by molar-refractivity contribution is -0.137. The summed E-state index contributed by atoms with van der Waals surface area (Å²) in [6.45, 7) is 5.91. The topological polar surface area (TPSA) is 80.4 Å². The van der Waals surface area contributed by atoms with E-state index in [9.17, 15) is 9.59 Å². The van der Waals surface area contributed by atoms with E-state index in [0.29, 0.717) is 12.8 Å². The van der Waals surface area contributed by atoms with Crippen LogP contribution in [0, 0.1) is 0 Å². The van der Waals surface area contributed by atoms with Crippen LogP contribution in [0.3, 0.4) is 0 Å². The van der Waals surface area contributed by atoms with Crippen molar-refractivity contribution in [1.29, 1.82) is 0 Å². The molecule has 0 aromatic heterocycles. The van der Waals surface area contributed by atoms with Crippen molar-refractivity contribution in [3.63, 3.8) is 0 Å². The lowest BCUT2D eigenvalue weighted by atomic mass is 10.1. The number of nitrogens with two attached hydrogens (primary N) is 1. The van der Waals surface area contributed by atoms with Gasteiger partial charge in [0, 0.05) is 12.8 Å². The molecule has 0 fully saturated rings. The Labute approximate surface area is 174 Å². The number of carboxylic acid groups (broad SMARTS) is 1. The van der Waals surface area contributed by atoms with Gasteiger partial charge in [-0.15, -0.1) is 6.58 Å². The minimum Gasteiger partial charge on any atom is -0.481 e. The Balaban J connectivity index is 0. The van der Waals surface area contributed by atoms with Crippen LogP contribution in [0.1, 0.15) is 129 Å². The summed E-state index contributed by atoms with van der Waals surface area (Å²) in [6, 6.07) is 0. The van der Waals surface area contributed by atoms with Crippen molar-refractivity contribution in [3.05, 3.63) is 12.7 Å². The van der Waals surface area contributed by atoms with Gasteiger partial charge in [0.1, 0.15) is 0 Å². The molecular formula is C24H47NO3. The first kappa shape index (κ1) is 28.9. The molecule has 0 atom stereocenters. The van der Waals surface area contributed by atoms with E-state index >= 15 is 0 Å². The van der Waals surface area contributed by atoms with Crippen LogP contribution in [0.2, 0.25) is 0 Å². The molecule has 0 spiro atoms. The molecule has 0 aromatic carbocycles. The van der Waals surface area contributed by atoms with Gasteiger partial charge in [0.05, 0.1) is 0 Å². The molecule has 0 radical (unpaired) electrons. The van der Waals surface area contributed by atoms with Crippen LogP contribution in [0.25, 0.3) is 0 Å². The maximum atomic E-state index is 10.5. The van der Waals surface area contributed by atoms with E-state index in [0.717, 1.165) is 32.1 Å². The zero-order valence-corrected chi connectivity index (χ0v) is 18.6. The minimum absolute atomic E-state index is 0.158. The Bertz CT molecular complexity index is 356. The van der Waals surface area contributed by atoms with Crippen LogP contribution in [0.5, 0.6) is 0 Å². The molecule has 0 saturated heterocycles. The SMILES string of the molecule is C=CCCCCCCCCC(=O)O.CCCCCCCCCCCCC(N)=O. The first-order chi connectivity index (χ1) is 13.5. The fraction of sp³-hybridized carbons (Fsp3) is 0.833. The van der Waals surface area contributed by atoms with Crippen molar-refractivity contribution in [2.75, 3.05) is 0 Å². The summed E-state index contributed by atoms with van der Waals surface area (Å²) >= 11 is 0. The first-order valence-corrected chi connectivity index (χ1v) is 11.7. The van der Waals surface area contributed by atoms with Crippen LogP contribution in [0.15, 0.2) is 12.7 Å². The van der Waals surface area contributed by atoms with Crippen molar-refractivity contribution in [3.8, 4) is 0 Å². The van der Waals surface area contributed by atoms with Gasteiger partial charge in [-0.3, -0.25) is 9.59 Å². The van der Waals surface area contributed by atoms with Gasteiger partial charge in [0.15, 0.2) is 0 Å². The number of allylic oxidation sites excluding steroid dienone is 1. The Morgan fingerprint density at radius 2 is 1.11 bits per heavy atom. The second-order valence-electron chi connectivity index (χ2n) is 7.74. The van der Waals surface area contributed by atoms with E-state index < -0.39 is 5.97 Å². The van der Waals surface area contributed by atoms with Gasteiger partial charge >= 0.3 is 5.97 Å². The van der Waals surface area contributed by atoms with Crippen molar-refractivity contribution < 1.29 is 14.7 Å². The molecule has 3 N–H and O–H groups in total. The minimum atomic E-state index is -0.674. The number of carboxylic acids is 1. The zero-order valence-electron chi connectivity index (χ0n) is 18.6. The molecule has 0 saturated carbocycles. The monoisotopic (exact) mass is 397 g/mol. The summed E-state index contributed by atoms with van der Waals surface area (Å²) in [4.78, 5) is 20.6. The van der Waals surface area contributed by atoms with Crippen LogP contribution >= 0.6 is 0 Å². The molecule has 0 heterocycles. The molecule has 0 unspecified atom stereocenters. The highest BCUT2D eigenvalue weighted by molar-refractivity contribution is 5.73. The van der Waals surface area contributed by atoms with Crippen molar-refractivity contribution >= 4 is 11.9 Å². The summed E-state index contributed by atoms with van der Waals surface area (Å²) in [5.41, 5.74) is 5.06. The van der Waals surface area contributed by atoms with Crippen LogP contribution in [-0.4, -0.2) is 17.0 Å². The molecule has 0 aliphatic rings. The van der Waals surface area contributed by atoms with E-state index in [4.69, 9.17) is 10.8 Å². The Kier molecular flexibility index (Phi) is 26.5. The highest BCUT2D eigenvalue weighted by Gasteiger charge is 1.96. The maximum Gasteiger partial charge on any atom is 0.303 e. The van der Waals surface area contributed by atoms with Gasteiger partial charge in [0.2, 0.25) is 5.91 Å². The lowest BCUT2D eigenvalue weighted by Crippen LogP contribution is -2.09. The third kappa shape index (κ3) is 32.4. The van der Waals surface area contributed by atoms with Gasteiger partial charge in [-0.1, -0.05) is 96.5 Å². The fourth-order valence-corrected chi connectivity index (χ4v) is 3.06. The Morgan fingerprint density at radius 3 is 1.50 bits per heavy atom. The number of unbranched alkanes of at least 4 members (excludes halogenated alkanes) is 15. The van der Waals surface area contributed by atoms with Gasteiger partial charge in [-0.2, -0.15) is 0 Å². The average Bonchev–Trinajstić information content (AvgIpc) is 2.65. The summed E-state index contributed by atoms with van der Waals surface area (Å²) < 4.78 is 0. The van der Waals surface area contributed by atoms with Crippen molar-refractivity contribution in [2.24, 2.45) is 5.73 Å². The maximum absolute atomic E-state index is 10.5. The van der Waals surface area contributed by atoms with Gasteiger partial charge in [-0.25, -0.2) is 0 Å². The zero-order chi connectivity index (χ0) is 21.3. The number of amides is 1. The standard InChI is InChI=1S/C13H27NO.C11H20O2/c1-2-3-4-5-6-7-8-9-10-11-12-13(14)15;1-2-3-4-5-6-7-8-9-10-11(12)13/h2-12H2,1H3,(H2,14,15);2H,1,3-10H2,(H,12,13). The Hall–Kier alpha value is -1.32. The molecule has 0 aliphatic carbocycles. The molecule has 4 nitrogen and oxygen atoms in total. The highest BCUT2D eigenvalue weighted by atomic mass is 16.4. The van der Waals surface area contributed by atoms with Gasteiger partial charge in [0.25, 0.3) is 0 Å². The van der Waals surface area contributed by atoms with E-state index in [-0.39, 0.29) is 5.91 Å². The summed E-state index contributed by atoms with van der Waals surface area (Å²) in [7, 11) is 0. The number of carbonyl (C=O) groups excluding carboxylic acids is 1. The van der Waals surface area contributed by atoms with Crippen molar-refractivity contribution in [1.82, 2.24) is 0 Å². The lowest BCUT2D eigenvalue weighted by Gasteiger charge is -2.01. The molecule has 4 heteroatoms. The summed E-state index contributed by atoms with van der Waals surface area (Å²) in [6.07, 6.45) is 23.7. The molecular weight excluding hydrogens is 350 g/mol. The largest absolute Gasteiger partial charge is 0.481 e. The van der Waals surface area contributed by atoms with Crippen LogP contribution < -0.4 is 5.73 Å². The van der Waals surface area contributed by atoms with Crippen LogP contribution in [0.4, 0.5) is 0 Å². The van der Waals surface area contributed by atoms with E-state index in [1.54, 1.807) is 0 Å². The smallest absolute Gasteiger partial charge is 0.303 e. The molecule has 0 bridgehead atoms. The normalized spacial score (nSPS) is 10.2. The molecule has 1 amide bonds. The number of rotatable bonds is 20.